The van der Waals surface area contributed by atoms with E-state index in [-0.39, 0.29) is 0 Å². The molecule has 3 aromatic heterocycles. The lowest BCUT2D eigenvalue weighted by Gasteiger charge is -2.14. The van der Waals surface area contributed by atoms with Gasteiger partial charge in [-0.1, -0.05) is 140 Å². The first kappa shape index (κ1) is 28.8. The van der Waals surface area contributed by atoms with Crippen LogP contribution in [0.25, 0.3) is 99.3 Å². The van der Waals surface area contributed by atoms with Gasteiger partial charge in [0.2, 0.25) is 0 Å². The van der Waals surface area contributed by atoms with Gasteiger partial charge in [0.05, 0.1) is 33.1 Å². The van der Waals surface area contributed by atoms with E-state index in [1.54, 1.807) is 0 Å². The number of benzene rings is 8. The molecule has 0 amide bonds. The van der Waals surface area contributed by atoms with Crippen LogP contribution in [-0.4, -0.2) is 19.1 Å². The van der Waals surface area contributed by atoms with Gasteiger partial charge < -0.3 is 4.57 Å². The smallest absolute Gasteiger partial charge is 0.165 e. The van der Waals surface area contributed by atoms with Crippen LogP contribution in [0, 0.1) is 0 Å². The standard InChI is InChI=1S/C48H30N4/c1-3-15-32(16-4-1)46-48(50-41-23-11-10-22-40(41)49-46)52-43-25-13-21-35(45(43)39-29-26-31-14-7-8-19-36(31)47(39)52)33-27-28-38-37-20-9-12-24-42(37)51(44(38)30-33)34-17-5-2-6-18-34/h1-30H. The average Bonchev–Trinajstić information content (AvgIpc) is 3.74. The SMILES string of the molecule is c1ccc(-c2nc3ccccc3nc2-n2c3cccc(-c4ccc5c6ccccc6n(-c6ccccc6)c5c4)c3c3ccc4ccccc4c32)cc1. The minimum atomic E-state index is 0.818. The summed E-state index contributed by atoms with van der Waals surface area (Å²) >= 11 is 0. The van der Waals surface area contributed by atoms with Crippen molar-refractivity contribution in [2.24, 2.45) is 0 Å². The van der Waals surface area contributed by atoms with Gasteiger partial charge in [-0.05, 0) is 59.0 Å². The molecule has 11 aromatic rings. The molecular weight excluding hydrogens is 633 g/mol. The van der Waals surface area contributed by atoms with E-state index in [0.29, 0.717) is 0 Å². The molecule has 4 nitrogen and oxygen atoms in total. The molecule has 0 atom stereocenters. The van der Waals surface area contributed by atoms with Gasteiger partial charge in [0.1, 0.15) is 5.69 Å². The Morgan fingerprint density at radius 2 is 1.04 bits per heavy atom. The van der Waals surface area contributed by atoms with Crippen LogP contribution in [0.4, 0.5) is 0 Å². The predicted octanol–water partition coefficient (Wildman–Crippen LogP) is 12.3. The molecule has 4 heteroatoms. The molecule has 0 unspecified atom stereocenters. The third-order valence-corrected chi connectivity index (χ3v) is 10.5. The first-order valence-corrected chi connectivity index (χ1v) is 17.7. The number of hydrogen-bond acceptors (Lipinski definition) is 2. The van der Waals surface area contributed by atoms with E-state index in [2.05, 4.69) is 167 Å². The number of rotatable bonds is 4. The maximum absolute atomic E-state index is 5.41. The molecule has 0 fully saturated rings. The van der Waals surface area contributed by atoms with E-state index in [9.17, 15) is 0 Å². The number of para-hydroxylation sites is 4. The topological polar surface area (TPSA) is 35.6 Å². The van der Waals surface area contributed by atoms with Crippen molar-refractivity contribution in [3.63, 3.8) is 0 Å². The quantitative estimate of drug-likeness (QED) is 0.188. The van der Waals surface area contributed by atoms with Gasteiger partial charge in [0.25, 0.3) is 0 Å². The first-order chi connectivity index (χ1) is 25.8. The highest BCUT2D eigenvalue weighted by Crippen LogP contribution is 2.44. The molecule has 0 aliphatic heterocycles. The van der Waals surface area contributed by atoms with E-state index in [1.165, 1.54) is 48.9 Å². The fraction of sp³-hybridized carbons (Fsp3) is 0. The van der Waals surface area contributed by atoms with E-state index >= 15 is 0 Å². The van der Waals surface area contributed by atoms with Crippen LogP contribution in [0.5, 0.6) is 0 Å². The molecule has 3 heterocycles. The largest absolute Gasteiger partial charge is 0.309 e. The number of hydrogen-bond donors (Lipinski definition) is 0. The third kappa shape index (κ3) is 4.21. The maximum atomic E-state index is 5.41. The van der Waals surface area contributed by atoms with Gasteiger partial charge in [-0.15, -0.1) is 0 Å². The van der Waals surface area contributed by atoms with Crippen molar-refractivity contribution in [2.75, 3.05) is 0 Å². The summed E-state index contributed by atoms with van der Waals surface area (Å²) in [7, 11) is 0. The van der Waals surface area contributed by atoms with Crippen molar-refractivity contribution < 1.29 is 0 Å². The summed E-state index contributed by atoms with van der Waals surface area (Å²) in [6, 6.07) is 64.8. The second-order valence-electron chi connectivity index (χ2n) is 13.4. The van der Waals surface area contributed by atoms with Crippen molar-refractivity contribution in [2.45, 2.75) is 0 Å². The van der Waals surface area contributed by atoms with Crippen LogP contribution in [0.15, 0.2) is 182 Å². The summed E-state index contributed by atoms with van der Waals surface area (Å²) in [4.78, 5) is 10.7. The van der Waals surface area contributed by atoms with Crippen molar-refractivity contribution in [1.29, 1.82) is 0 Å². The highest BCUT2D eigenvalue weighted by atomic mass is 15.1. The highest BCUT2D eigenvalue weighted by molar-refractivity contribution is 6.23. The summed E-state index contributed by atoms with van der Waals surface area (Å²) < 4.78 is 4.75. The maximum Gasteiger partial charge on any atom is 0.165 e. The lowest BCUT2D eigenvalue weighted by molar-refractivity contribution is 1.08. The molecule has 11 rings (SSSR count). The number of aromatic nitrogens is 4. The zero-order valence-electron chi connectivity index (χ0n) is 28.1. The average molecular weight is 663 g/mol. The van der Waals surface area contributed by atoms with E-state index in [4.69, 9.17) is 9.97 Å². The Bertz CT molecular complexity index is 3170. The second kappa shape index (κ2) is 11.2. The Morgan fingerprint density at radius 3 is 1.88 bits per heavy atom. The van der Waals surface area contributed by atoms with Crippen LogP contribution in [0.3, 0.4) is 0 Å². The van der Waals surface area contributed by atoms with Gasteiger partial charge in [0.15, 0.2) is 5.82 Å². The van der Waals surface area contributed by atoms with Crippen molar-refractivity contribution in [1.82, 2.24) is 19.1 Å². The normalized spacial score (nSPS) is 11.8. The molecular formula is C48H30N4. The Morgan fingerprint density at radius 1 is 0.385 bits per heavy atom. The summed E-state index contributed by atoms with van der Waals surface area (Å²) in [5.74, 6) is 0.818. The Hall–Kier alpha value is -7.04. The summed E-state index contributed by atoms with van der Waals surface area (Å²) in [6.45, 7) is 0. The molecule has 0 bridgehead atoms. The Labute approximate surface area is 299 Å². The first-order valence-electron chi connectivity index (χ1n) is 17.7. The highest BCUT2D eigenvalue weighted by Gasteiger charge is 2.23. The molecule has 0 spiro atoms. The van der Waals surface area contributed by atoms with E-state index in [1.807, 2.05) is 24.3 Å². The summed E-state index contributed by atoms with van der Waals surface area (Å²) in [5, 5.41) is 7.22. The molecule has 0 N–H and O–H groups in total. The zero-order valence-corrected chi connectivity index (χ0v) is 28.1. The fourth-order valence-corrected chi connectivity index (χ4v) is 8.22. The van der Waals surface area contributed by atoms with Crippen molar-refractivity contribution >= 4 is 65.4 Å². The molecule has 242 valence electrons. The second-order valence-corrected chi connectivity index (χ2v) is 13.4. The molecule has 0 aliphatic rings. The van der Waals surface area contributed by atoms with Gasteiger partial charge >= 0.3 is 0 Å². The summed E-state index contributed by atoms with van der Waals surface area (Å²) in [5.41, 5.74) is 11.7. The van der Waals surface area contributed by atoms with E-state index < -0.39 is 0 Å². The van der Waals surface area contributed by atoms with Crippen LogP contribution in [0.2, 0.25) is 0 Å². The minimum Gasteiger partial charge on any atom is -0.309 e. The predicted molar refractivity (Wildman–Crippen MR) is 217 cm³/mol. The molecule has 0 radical (unpaired) electrons. The number of nitrogens with zero attached hydrogens (tertiary/aromatic N) is 4. The lowest BCUT2D eigenvalue weighted by atomic mass is 9.97. The number of fused-ring (bicyclic) bond motifs is 9. The Balaban J connectivity index is 1.27. The molecule has 0 aliphatic carbocycles. The Kier molecular flexibility index (Phi) is 6.22. The monoisotopic (exact) mass is 662 g/mol. The van der Waals surface area contributed by atoms with Crippen LogP contribution in [-0.2, 0) is 0 Å². The van der Waals surface area contributed by atoms with E-state index in [0.717, 1.165) is 50.4 Å². The molecule has 0 saturated carbocycles. The molecule has 8 aromatic carbocycles. The van der Waals surface area contributed by atoms with Gasteiger partial charge in [-0.2, -0.15) is 0 Å². The van der Waals surface area contributed by atoms with Crippen molar-refractivity contribution in [3.8, 4) is 33.9 Å². The van der Waals surface area contributed by atoms with Gasteiger partial charge in [-0.3, -0.25) is 4.57 Å². The summed E-state index contributed by atoms with van der Waals surface area (Å²) in [6.07, 6.45) is 0. The zero-order chi connectivity index (χ0) is 34.2. The fourth-order valence-electron chi connectivity index (χ4n) is 8.22. The van der Waals surface area contributed by atoms with Gasteiger partial charge in [0, 0.05) is 38.2 Å². The van der Waals surface area contributed by atoms with Crippen LogP contribution >= 0.6 is 0 Å². The third-order valence-electron chi connectivity index (χ3n) is 10.5. The van der Waals surface area contributed by atoms with Gasteiger partial charge in [-0.25, -0.2) is 9.97 Å². The lowest BCUT2D eigenvalue weighted by Crippen LogP contribution is -2.04. The van der Waals surface area contributed by atoms with Crippen molar-refractivity contribution in [3.05, 3.63) is 182 Å². The van der Waals surface area contributed by atoms with Crippen LogP contribution in [0.1, 0.15) is 0 Å². The van der Waals surface area contributed by atoms with Crippen LogP contribution < -0.4 is 0 Å². The minimum absolute atomic E-state index is 0.818. The molecule has 52 heavy (non-hydrogen) atoms. The molecule has 0 saturated heterocycles.